The SMILES string of the molecule is CCN1C[C@]2(COC)CC[C@H](OC)C34C1C([C@H](OC)[C@@H]32)[C@]1(OC(C)=O)[C@@H]2[C@H]4C[C@@](O)([C@@H]2OC(=O)c2ccccc2)[C@@H](OC)[C@@H]1O. The van der Waals surface area contributed by atoms with Crippen LogP contribution < -0.4 is 0 Å². The van der Waals surface area contributed by atoms with Gasteiger partial charge in [0.25, 0.3) is 0 Å². The van der Waals surface area contributed by atoms with Crippen LogP contribution in [0.5, 0.6) is 0 Å². The first-order chi connectivity index (χ1) is 21.6. The molecular weight excluding hydrogens is 582 g/mol. The van der Waals surface area contributed by atoms with Crippen LogP contribution in [0.25, 0.3) is 0 Å². The van der Waals surface area contributed by atoms with Crippen molar-refractivity contribution in [2.45, 2.75) is 80.9 Å². The van der Waals surface area contributed by atoms with E-state index in [4.69, 9.17) is 28.4 Å². The second-order valence-electron chi connectivity index (χ2n) is 14.3. The fourth-order valence-corrected chi connectivity index (χ4v) is 12.4. The minimum atomic E-state index is -1.76. The zero-order valence-corrected chi connectivity index (χ0v) is 27.0. The Balaban J connectivity index is 1.52. The molecule has 1 aromatic carbocycles. The van der Waals surface area contributed by atoms with Gasteiger partial charge in [0, 0.05) is 76.5 Å². The highest BCUT2D eigenvalue weighted by molar-refractivity contribution is 5.89. The first-order valence-electron chi connectivity index (χ1n) is 16.2. The van der Waals surface area contributed by atoms with Gasteiger partial charge in [-0.3, -0.25) is 9.69 Å². The van der Waals surface area contributed by atoms with Gasteiger partial charge in [0.2, 0.25) is 0 Å². The average Bonchev–Trinajstić information content (AvgIpc) is 3.40. The Labute approximate surface area is 264 Å². The summed E-state index contributed by atoms with van der Waals surface area (Å²) in [4.78, 5) is 29.4. The molecule has 6 aliphatic rings. The molecule has 45 heavy (non-hydrogen) atoms. The molecule has 0 radical (unpaired) electrons. The molecular formula is C34H47NO10. The summed E-state index contributed by atoms with van der Waals surface area (Å²) >= 11 is 0. The number of methoxy groups -OCH3 is 4. The molecule has 6 fully saturated rings. The zero-order valence-electron chi connectivity index (χ0n) is 27.0. The van der Waals surface area contributed by atoms with E-state index >= 15 is 0 Å². The summed E-state index contributed by atoms with van der Waals surface area (Å²) < 4.78 is 37.7. The van der Waals surface area contributed by atoms with E-state index in [0.29, 0.717) is 18.7 Å². The Morgan fingerprint density at radius 1 is 1.02 bits per heavy atom. The summed E-state index contributed by atoms with van der Waals surface area (Å²) in [6.07, 6.45) is -2.64. The summed E-state index contributed by atoms with van der Waals surface area (Å²) in [5, 5.41) is 25.3. The van der Waals surface area contributed by atoms with Crippen molar-refractivity contribution in [1.82, 2.24) is 4.90 Å². The first kappa shape index (κ1) is 31.5. The Morgan fingerprint density at radius 3 is 2.36 bits per heavy atom. The summed E-state index contributed by atoms with van der Waals surface area (Å²) in [6.45, 7) is 5.44. The van der Waals surface area contributed by atoms with E-state index in [0.717, 1.165) is 19.4 Å². The number of hydrogen-bond donors (Lipinski definition) is 2. The van der Waals surface area contributed by atoms with Crippen molar-refractivity contribution in [2.75, 3.05) is 48.1 Å². The molecule has 11 heteroatoms. The van der Waals surface area contributed by atoms with Crippen molar-refractivity contribution in [3.05, 3.63) is 35.9 Å². The van der Waals surface area contributed by atoms with Crippen molar-refractivity contribution >= 4 is 11.9 Å². The Bertz CT molecular complexity index is 1330. The number of aliphatic hydroxyl groups is 2. The molecule has 7 bridgehead atoms. The smallest absolute Gasteiger partial charge is 0.338 e. The van der Waals surface area contributed by atoms with Gasteiger partial charge in [-0.05, 0) is 43.9 Å². The number of aliphatic hydroxyl groups excluding tert-OH is 1. The van der Waals surface area contributed by atoms with Crippen LogP contribution in [0.15, 0.2) is 30.3 Å². The van der Waals surface area contributed by atoms with Crippen molar-refractivity contribution in [3.63, 3.8) is 0 Å². The molecule has 1 aromatic rings. The van der Waals surface area contributed by atoms with E-state index in [1.54, 1.807) is 45.6 Å². The molecule has 7 rings (SSSR count). The number of carbonyl (C=O) groups excluding carboxylic acids is 2. The van der Waals surface area contributed by atoms with Crippen LogP contribution in [0.1, 0.15) is 43.5 Å². The van der Waals surface area contributed by atoms with Gasteiger partial charge in [0.05, 0.1) is 24.4 Å². The Kier molecular flexibility index (Phi) is 7.48. The van der Waals surface area contributed by atoms with Gasteiger partial charge >= 0.3 is 11.9 Å². The third kappa shape index (κ3) is 3.66. The highest BCUT2D eigenvalue weighted by Gasteiger charge is 2.91. The standard InChI is InChI=1S/C34H47NO10/c1-7-35-16-31(17-40-3)14-13-21(41-4)33-20-15-32(39)28(44-30(38)19-11-9-8-10-12-19)22(20)34(45-18(2)36,27(37)29(32)43-6)23(26(33)35)24(42-5)25(31)33/h8-12,20-29,37,39H,7,13-17H2,1-6H3/t20-,21+,22-,23?,24+,25-,26?,27+,28-,29+,31+,32-,33?,34-/m1/s1. The molecule has 248 valence electrons. The molecule has 1 spiro atoms. The lowest BCUT2D eigenvalue weighted by atomic mass is 9.43. The highest BCUT2D eigenvalue weighted by atomic mass is 16.6. The molecule has 5 aliphatic carbocycles. The fourth-order valence-electron chi connectivity index (χ4n) is 12.4. The fraction of sp³-hybridized carbons (Fsp3) is 0.765. The second-order valence-corrected chi connectivity index (χ2v) is 14.3. The molecule has 1 heterocycles. The first-order valence-corrected chi connectivity index (χ1v) is 16.2. The van der Waals surface area contributed by atoms with Gasteiger partial charge in [0.15, 0.2) is 5.60 Å². The monoisotopic (exact) mass is 629 g/mol. The Hall–Kier alpha value is -2.12. The number of piperidine rings is 1. The second kappa shape index (κ2) is 10.7. The van der Waals surface area contributed by atoms with E-state index in [9.17, 15) is 19.8 Å². The summed E-state index contributed by atoms with van der Waals surface area (Å²) in [7, 11) is 6.59. The summed E-state index contributed by atoms with van der Waals surface area (Å²) in [6, 6.07) is 8.42. The van der Waals surface area contributed by atoms with Gasteiger partial charge in [-0.2, -0.15) is 0 Å². The number of likely N-dealkylation sites (tertiary alicyclic amines) is 1. The summed E-state index contributed by atoms with van der Waals surface area (Å²) in [5.74, 6) is -2.95. The number of hydrogen-bond acceptors (Lipinski definition) is 11. The van der Waals surface area contributed by atoms with Crippen LogP contribution in [0, 0.1) is 34.5 Å². The zero-order chi connectivity index (χ0) is 32.1. The Morgan fingerprint density at radius 2 is 1.76 bits per heavy atom. The van der Waals surface area contributed by atoms with Crippen LogP contribution in [-0.4, -0.2) is 123 Å². The van der Waals surface area contributed by atoms with Gasteiger partial charge in [0.1, 0.15) is 23.9 Å². The number of ether oxygens (including phenoxy) is 6. The molecule has 5 saturated carbocycles. The van der Waals surface area contributed by atoms with Gasteiger partial charge in [-0.25, -0.2) is 4.79 Å². The van der Waals surface area contributed by atoms with E-state index in [-0.39, 0.29) is 35.8 Å². The maximum absolute atomic E-state index is 13.7. The minimum Gasteiger partial charge on any atom is -0.455 e. The summed E-state index contributed by atoms with van der Waals surface area (Å²) in [5.41, 5.74) is -3.92. The van der Waals surface area contributed by atoms with Crippen molar-refractivity contribution in [3.8, 4) is 0 Å². The number of rotatable bonds is 9. The average molecular weight is 630 g/mol. The topological polar surface area (TPSA) is 133 Å². The normalized spacial score (nSPS) is 49.1. The van der Waals surface area contributed by atoms with Gasteiger partial charge in [-0.15, -0.1) is 0 Å². The van der Waals surface area contributed by atoms with Crippen LogP contribution in [0.3, 0.4) is 0 Å². The van der Waals surface area contributed by atoms with Crippen LogP contribution in [0.2, 0.25) is 0 Å². The van der Waals surface area contributed by atoms with E-state index in [1.165, 1.54) is 14.0 Å². The number of nitrogens with zero attached hydrogens (tertiary/aromatic N) is 1. The maximum Gasteiger partial charge on any atom is 0.338 e. The van der Waals surface area contributed by atoms with Crippen LogP contribution in [0.4, 0.5) is 0 Å². The third-order valence-electron chi connectivity index (χ3n) is 13.0. The largest absolute Gasteiger partial charge is 0.455 e. The third-order valence-corrected chi connectivity index (χ3v) is 13.0. The molecule has 3 unspecified atom stereocenters. The number of benzene rings is 1. The van der Waals surface area contributed by atoms with E-state index in [2.05, 4.69) is 11.8 Å². The van der Waals surface area contributed by atoms with Gasteiger partial charge < -0.3 is 38.6 Å². The molecule has 1 saturated heterocycles. The van der Waals surface area contributed by atoms with Crippen molar-refractivity contribution < 1.29 is 48.2 Å². The van der Waals surface area contributed by atoms with E-state index in [1.807, 2.05) is 6.07 Å². The lowest BCUT2D eigenvalue weighted by Crippen LogP contribution is -2.80. The highest BCUT2D eigenvalue weighted by Crippen LogP contribution is 2.80. The van der Waals surface area contributed by atoms with Gasteiger partial charge in [-0.1, -0.05) is 25.1 Å². The molecule has 0 amide bonds. The lowest BCUT2D eigenvalue weighted by Gasteiger charge is -2.69. The number of esters is 2. The number of carbonyl (C=O) groups is 2. The molecule has 0 aromatic heterocycles. The maximum atomic E-state index is 13.7. The lowest BCUT2D eigenvalue weighted by molar-refractivity contribution is -0.317. The number of fused-ring (bicyclic) bond motifs is 2. The predicted octanol–water partition coefficient (Wildman–Crippen LogP) is 1.68. The predicted molar refractivity (Wildman–Crippen MR) is 159 cm³/mol. The van der Waals surface area contributed by atoms with Crippen LogP contribution >= 0.6 is 0 Å². The molecule has 11 nitrogen and oxygen atoms in total. The quantitative estimate of drug-likeness (QED) is 0.387. The van der Waals surface area contributed by atoms with E-state index < -0.39 is 64.8 Å². The molecule has 1 aliphatic heterocycles. The van der Waals surface area contributed by atoms with Crippen molar-refractivity contribution in [2.24, 2.45) is 34.5 Å². The minimum absolute atomic E-state index is 0.101. The molecule has 2 N–H and O–H groups in total. The van der Waals surface area contributed by atoms with Crippen LogP contribution in [-0.2, 0) is 33.2 Å². The van der Waals surface area contributed by atoms with Crippen molar-refractivity contribution in [1.29, 1.82) is 0 Å². The molecule has 14 atom stereocenters.